The summed E-state index contributed by atoms with van der Waals surface area (Å²) < 4.78 is 0. The Morgan fingerprint density at radius 3 is 1.89 bits per heavy atom. The molecule has 4 rings (SSSR count). The minimum absolute atomic E-state index is 0.151. The summed E-state index contributed by atoms with van der Waals surface area (Å²) in [7, 11) is 0. The predicted octanol–water partition coefficient (Wildman–Crippen LogP) is 5.70. The molecule has 0 unspecified atom stereocenters. The summed E-state index contributed by atoms with van der Waals surface area (Å²) in [5.74, 6) is 0. The van der Waals surface area contributed by atoms with E-state index in [2.05, 4.69) is 81.7 Å². The van der Waals surface area contributed by atoms with Crippen LogP contribution in [0.1, 0.15) is 44.4 Å². The molecule has 0 radical (unpaired) electrons. The Hall–Kier alpha value is -2.82. The van der Waals surface area contributed by atoms with Gasteiger partial charge in [0.2, 0.25) is 0 Å². The molecule has 144 valence electrons. The monoisotopic (exact) mass is 373 g/mol. The van der Waals surface area contributed by atoms with Crippen LogP contribution in [0.4, 0.5) is 11.4 Å². The number of hydrazine groups is 2. The molecule has 0 aliphatic carbocycles. The van der Waals surface area contributed by atoms with E-state index in [0.717, 1.165) is 22.2 Å². The summed E-state index contributed by atoms with van der Waals surface area (Å²) >= 11 is 0. The minimum atomic E-state index is -0.441. The first-order chi connectivity index (χ1) is 13.3. The molecule has 3 aromatic rings. The van der Waals surface area contributed by atoms with Gasteiger partial charge in [0.1, 0.15) is 0 Å². The average molecular weight is 374 g/mol. The zero-order valence-electron chi connectivity index (χ0n) is 16.8. The molecule has 1 heterocycles. The quantitative estimate of drug-likeness (QED) is 0.615. The van der Waals surface area contributed by atoms with Crippen LogP contribution in [0.5, 0.6) is 0 Å². The second kappa shape index (κ2) is 6.66. The van der Waals surface area contributed by atoms with Crippen molar-refractivity contribution >= 4 is 11.4 Å². The Labute approximate surface area is 166 Å². The predicted molar refractivity (Wildman–Crippen MR) is 114 cm³/mol. The van der Waals surface area contributed by atoms with E-state index in [-0.39, 0.29) is 5.41 Å². The van der Waals surface area contributed by atoms with E-state index < -0.39 is 5.54 Å². The standard InChI is InChI=1S/C24H27N3O/c1-23(2,18-11-7-5-8-12-18)20-15-16-21-22(17-20)26(27(28)25-21)24(3,4)19-13-9-6-10-14-19/h5-17,25,28H,1-4H3. The van der Waals surface area contributed by atoms with Crippen molar-refractivity contribution < 1.29 is 5.21 Å². The van der Waals surface area contributed by atoms with Gasteiger partial charge in [0.15, 0.2) is 0 Å². The molecule has 2 N–H and O–H groups in total. The van der Waals surface area contributed by atoms with Crippen LogP contribution in [0.2, 0.25) is 0 Å². The molecule has 0 amide bonds. The van der Waals surface area contributed by atoms with Crippen molar-refractivity contribution in [3.63, 3.8) is 0 Å². The Balaban J connectivity index is 1.79. The first-order valence-electron chi connectivity index (χ1n) is 9.63. The second-order valence-corrected chi connectivity index (χ2v) is 8.36. The van der Waals surface area contributed by atoms with Gasteiger partial charge >= 0.3 is 0 Å². The lowest BCUT2D eigenvalue weighted by atomic mass is 9.78. The summed E-state index contributed by atoms with van der Waals surface area (Å²) in [6.45, 7) is 8.68. The first-order valence-corrected chi connectivity index (χ1v) is 9.63. The molecule has 0 saturated carbocycles. The Kier molecular flexibility index (Phi) is 4.41. The van der Waals surface area contributed by atoms with Crippen LogP contribution in [0.25, 0.3) is 0 Å². The molecule has 1 aliphatic rings. The van der Waals surface area contributed by atoms with Crippen LogP contribution in [0.3, 0.4) is 0 Å². The highest BCUT2D eigenvalue weighted by Gasteiger charge is 2.39. The lowest BCUT2D eigenvalue weighted by Crippen LogP contribution is -2.50. The van der Waals surface area contributed by atoms with E-state index in [4.69, 9.17) is 0 Å². The van der Waals surface area contributed by atoms with E-state index in [9.17, 15) is 5.21 Å². The van der Waals surface area contributed by atoms with Gasteiger partial charge in [0, 0.05) is 5.41 Å². The largest absolute Gasteiger partial charge is 0.276 e. The van der Waals surface area contributed by atoms with Gasteiger partial charge in [0.25, 0.3) is 0 Å². The molecule has 4 nitrogen and oxygen atoms in total. The zero-order chi connectivity index (χ0) is 19.9. The summed E-state index contributed by atoms with van der Waals surface area (Å²) in [6.07, 6.45) is 0. The van der Waals surface area contributed by atoms with Gasteiger partial charge in [0.05, 0.1) is 16.9 Å². The summed E-state index contributed by atoms with van der Waals surface area (Å²) in [5, 5.41) is 13.7. The molecule has 1 aliphatic heterocycles. The van der Waals surface area contributed by atoms with Crippen molar-refractivity contribution in [1.82, 2.24) is 5.28 Å². The Morgan fingerprint density at radius 2 is 1.29 bits per heavy atom. The number of benzene rings is 3. The van der Waals surface area contributed by atoms with Gasteiger partial charge in [-0.2, -0.15) is 0 Å². The zero-order valence-corrected chi connectivity index (χ0v) is 16.8. The average Bonchev–Trinajstić information content (AvgIpc) is 3.05. The van der Waals surface area contributed by atoms with Crippen LogP contribution in [-0.2, 0) is 11.0 Å². The highest BCUT2D eigenvalue weighted by atomic mass is 16.6. The smallest absolute Gasteiger partial charge is 0.0823 e. The lowest BCUT2D eigenvalue weighted by molar-refractivity contribution is -0.0882. The third-order valence-electron chi connectivity index (χ3n) is 5.86. The van der Waals surface area contributed by atoms with E-state index in [1.165, 1.54) is 11.1 Å². The number of fused-ring (bicyclic) bond motifs is 1. The van der Waals surface area contributed by atoms with E-state index in [1.54, 1.807) is 0 Å². The maximum Gasteiger partial charge on any atom is 0.0823 e. The fourth-order valence-electron chi connectivity index (χ4n) is 3.98. The first kappa shape index (κ1) is 18.5. The highest BCUT2D eigenvalue weighted by molar-refractivity contribution is 5.75. The van der Waals surface area contributed by atoms with E-state index >= 15 is 0 Å². The van der Waals surface area contributed by atoms with E-state index in [1.807, 2.05) is 35.3 Å². The van der Waals surface area contributed by atoms with Crippen molar-refractivity contribution in [2.45, 2.75) is 38.6 Å². The number of anilines is 2. The third-order valence-corrected chi connectivity index (χ3v) is 5.86. The Bertz CT molecular complexity index is 968. The van der Waals surface area contributed by atoms with Gasteiger partial charge in [-0.3, -0.25) is 15.6 Å². The summed E-state index contributed by atoms with van der Waals surface area (Å²) in [5.41, 5.74) is 7.89. The summed E-state index contributed by atoms with van der Waals surface area (Å²) in [4.78, 5) is 0. The second-order valence-electron chi connectivity index (χ2n) is 8.36. The van der Waals surface area contributed by atoms with Crippen LogP contribution < -0.4 is 10.4 Å². The summed E-state index contributed by atoms with van der Waals surface area (Å²) in [6, 6.07) is 27.1. The maximum atomic E-state index is 10.7. The van der Waals surface area contributed by atoms with Gasteiger partial charge in [-0.1, -0.05) is 80.6 Å². The van der Waals surface area contributed by atoms with Gasteiger partial charge in [-0.25, -0.2) is 0 Å². The van der Waals surface area contributed by atoms with E-state index in [0.29, 0.717) is 0 Å². The van der Waals surface area contributed by atoms with Crippen LogP contribution in [0.15, 0.2) is 78.9 Å². The third kappa shape index (κ3) is 2.95. The van der Waals surface area contributed by atoms with Crippen molar-refractivity contribution in [3.05, 3.63) is 95.6 Å². The molecule has 0 atom stereocenters. The molecule has 4 heteroatoms. The molecule has 0 bridgehead atoms. The maximum absolute atomic E-state index is 10.7. The van der Waals surface area contributed by atoms with Crippen molar-refractivity contribution in [3.8, 4) is 0 Å². The molecule has 28 heavy (non-hydrogen) atoms. The normalized spacial score (nSPS) is 14.7. The molecular weight excluding hydrogens is 346 g/mol. The highest BCUT2D eigenvalue weighted by Crippen LogP contribution is 2.44. The van der Waals surface area contributed by atoms with Gasteiger partial charge < -0.3 is 0 Å². The van der Waals surface area contributed by atoms with Crippen LogP contribution >= 0.6 is 0 Å². The number of hydrogen-bond donors (Lipinski definition) is 2. The number of hydrogen-bond acceptors (Lipinski definition) is 4. The fourth-order valence-corrected chi connectivity index (χ4v) is 3.98. The Morgan fingerprint density at radius 1 is 0.714 bits per heavy atom. The molecule has 0 aromatic heterocycles. The van der Waals surface area contributed by atoms with Gasteiger partial charge in [-0.05, 0) is 48.0 Å². The van der Waals surface area contributed by atoms with Crippen molar-refractivity contribution in [2.24, 2.45) is 0 Å². The molecule has 0 fully saturated rings. The molecular formula is C24H27N3O. The number of nitrogens with one attached hydrogen (secondary N) is 1. The minimum Gasteiger partial charge on any atom is -0.276 e. The van der Waals surface area contributed by atoms with Crippen LogP contribution in [0, 0.1) is 0 Å². The number of nitrogens with zero attached hydrogens (tertiary/aromatic N) is 2. The molecule has 0 spiro atoms. The van der Waals surface area contributed by atoms with Crippen molar-refractivity contribution in [1.29, 1.82) is 0 Å². The SMILES string of the molecule is CC(C)(c1ccccc1)c1ccc2c(c1)N(C(C)(C)c1ccccc1)N(O)N2. The topological polar surface area (TPSA) is 38.7 Å². The fraction of sp³-hybridized carbons (Fsp3) is 0.250. The lowest BCUT2D eigenvalue weighted by Gasteiger charge is -2.39. The van der Waals surface area contributed by atoms with Crippen LogP contribution in [-0.4, -0.2) is 10.5 Å². The molecule has 0 saturated heterocycles. The van der Waals surface area contributed by atoms with Gasteiger partial charge in [-0.15, -0.1) is 0 Å². The molecule has 3 aromatic carbocycles. The number of rotatable bonds is 4. The van der Waals surface area contributed by atoms with Crippen molar-refractivity contribution in [2.75, 3.05) is 10.4 Å².